The minimum atomic E-state index is -0.791. The average Bonchev–Trinajstić information content (AvgIpc) is 3.21. The van der Waals surface area contributed by atoms with Gasteiger partial charge in [0.2, 0.25) is 5.91 Å². The first-order valence-corrected chi connectivity index (χ1v) is 10.5. The van der Waals surface area contributed by atoms with Crippen molar-refractivity contribution in [2.75, 3.05) is 5.32 Å². The topological polar surface area (TPSA) is 118 Å². The van der Waals surface area contributed by atoms with Gasteiger partial charge >= 0.3 is 0 Å². The highest BCUT2D eigenvalue weighted by molar-refractivity contribution is 7.09. The maximum absolute atomic E-state index is 12.3. The Labute approximate surface area is 189 Å². The molecule has 1 aromatic heterocycles. The van der Waals surface area contributed by atoms with Crippen LogP contribution in [0.15, 0.2) is 65.6 Å². The van der Waals surface area contributed by atoms with Crippen LogP contribution in [0.4, 0.5) is 5.69 Å². The van der Waals surface area contributed by atoms with Gasteiger partial charge in [-0.15, -0.1) is 11.3 Å². The van der Waals surface area contributed by atoms with Crippen molar-refractivity contribution in [3.63, 3.8) is 0 Å². The Morgan fingerprint density at radius 1 is 1.22 bits per heavy atom. The Bertz CT molecular complexity index is 1220. The number of thiazole rings is 1. The smallest absolute Gasteiger partial charge is 0.259 e. The Hall–Kier alpha value is -4.22. The average molecular weight is 445 g/mol. The van der Waals surface area contributed by atoms with Crippen LogP contribution >= 0.6 is 11.3 Å². The molecule has 1 heterocycles. The number of nitrogens with zero attached hydrogens (tertiary/aromatic N) is 2. The monoisotopic (exact) mass is 444 g/mol. The highest BCUT2D eigenvalue weighted by Gasteiger charge is 2.05. The second-order valence-electron chi connectivity index (χ2n) is 6.66. The zero-order valence-electron chi connectivity index (χ0n) is 17.2. The number of amides is 2. The molecule has 0 aliphatic heterocycles. The van der Waals surface area contributed by atoms with Gasteiger partial charge in [-0.3, -0.25) is 9.59 Å². The lowest BCUT2D eigenvalue weighted by molar-refractivity contribution is -0.114. The molecule has 3 N–H and O–H groups in total. The number of ether oxygens (including phenoxy) is 1. The van der Waals surface area contributed by atoms with E-state index in [1.165, 1.54) is 12.2 Å². The van der Waals surface area contributed by atoms with E-state index in [0.29, 0.717) is 23.6 Å². The Kier molecular flexibility index (Phi) is 7.51. The number of anilines is 1. The van der Waals surface area contributed by atoms with E-state index in [4.69, 9.17) is 15.7 Å². The molecule has 2 aromatic carbocycles. The van der Waals surface area contributed by atoms with Crippen LogP contribution in [-0.4, -0.2) is 16.8 Å². The van der Waals surface area contributed by atoms with Crippen molar-refractivity contribution < 1.29 is 14.3 Å². The van der Waals surface area contributed by atoms with Gasteiger partial charge in [0.25, 0.3) is 5.91 Å². The molecule has 160 valence electrons. The summed E-state index contributed by atoms with van der Waals surface area (Å²) in [7, 11) is 0. The first-order valence-electron chi connectivity index (χ1n) is 9.58. The third-order valence-electron chi connectivity index (χ3n) is 4.25. The summed E-state index contributed by atoms with van der Waals surface area (Å²) in [6.45, 7) is 2.30. The van der Waals surface area contributed by atoms with Crippen LogP contribution in [0.5, 0.6) is 5.75 Å². The van der Waals surface area contributed by atoms with E-state index < -0.39 is 5.91 Å². The molecule has 0 radical (unpaired) electrons. The zero-order valence-corrected chi connectivity index (χ0v) is 18.1. The van der Waals surface area contributed by atoms with Gasteiger partial charge in [0.05, 0.1) is 10.7 Å². The minimum absolute atomic E-state index is 0.143. The van der Waals surface area contributed by atoms with Gasteiger partial charge < -0.3 is 15.8 Å². The first-order chi connectivity index (χ1) is 15.4. The quantitative estimate of drug-likeness (QED) is 0.401. The van der Waals surface area contributed by atoms with Gasteiger partial charge in [0.15, 0.2) is 0 Å². The molecular formula is C24H20N4O3S. The van der Waals surface area contributed by atoms with Gasteiger partial charge in [-0.2, -0.15) is 5.26 Å². The lowest BCUT2D eigenvalue weighted by atomic mass is 10.1. The Balaban J connectivity index is 1.62. The molecule has 3 rings (SSSR count). The van der Waals surface area contributed by atoms with Crippen LogP contribution in [0.25, 0.3) is 12.2 Å². The molecule has 0 aliphatic carbocycles. The summed E-state index contributed by atoms with van der Waals surface area (Å²) in [5.41, 5.74) is 7.80. The molecule has 0 aliphatic rings. The number of carbonyl (C=O) groups is 2. The molecular weight excluding hydrogens is 424 g/mol. The van der Waals surface area contributed by atoms with Crippen LogP contribution in [-0.2, 0) is 16.2 Å². The summed E-state index contributed by atoms with van der Waals surface area (Å²) in [6.07, 6.45) is 4.49. The molecule has 8 heteroatoms. The molecule has 0 unspecified atom stereocenters. The number of nitrogens with one attached hydrogen (secondary N) is 1. The third-order valence-corrected chi connectivity index (χ3v) is 5.07. The largest absolute Gasteiger partial charge is 0.487 e. The minimum Gasteiger partial charge on any atom is -0.487 e. The van der Waals surface area contributed by atoms with Gasteiger partial charge in [0.1, 0.15) is 24.0 Å². The summed E-state index contributed by atoms with van der Waals surface area (Å²) in [5, 5.41) is 14.6. The van der Waals surface area contributed by atoms with E-state index in [2.05, 4.69) is 10.3 Å². The van der Waals surface area contributed by atoms with Crippen molar-refractivity contribution >= 4 is 41.0 Å². The number of benzene rings is 2. The molecule has 0 atom stereocenters. The number of hydrogen-bond donors (Lipinski definition) is 2. The highest BCUT2D eigenvalue weighted by Crippen LogP contribution is 2.21. The predicted molar refractivity (Wildman–Crippen MR) is 125 cm³/mol. The molecule has 7 nitrogen and oxygen atoms in total. The summed E-state index contributed by atoms with van der Waals surface area (Å²) in [4.78, 5) is 27.8. The number of hydrogen-bond acceptors (Lipinski definition) is 6. The Morgan fingerprint density at radius 2 is 1.97 bits per heavy atom. The number of rotatable bonds is 8. The van der Waals surface area contributed by atoms with Crippen LogP contribution < -0.4 is 15.8 Å². The first kappa shape index (κ1) is 22.5. The lowest BCUT2D eigenvalue weighted by Crippen LogP contribution is -2.12. The standard InChI is InChI=1S/C24H20N4O3S/c1-16-27-21(15-32-16)14-31-22-5-3-2-4-18(22)8-11-23(29)28-20-9-6-17(7-10-20)12-19(13-25)24(26)30/h2-12,15H,14H2,1H3,(H2,26,30)(H,28,29)/b11-8+,19-12+. The second-order valence-corrected chi connectivity index (χ2v) is 7.73. The lowest BCUT2D eigenvalue weighted by Gasteiger charge is -2.08. The normalized spacial score (nSPS) is 11.2. The summed E-state index contributed by atoms with van der Waals surface area (Å²) in [5.74, 6) is -0.449. The number of aryl methyl sites for hydroxylation is 1. The highest BCUT2D eigenvalue weighted by atomic mass is 32.1. The van der Waals surface area contributed by atoms with Crippen molar-refractivity contribution in [1.29, 1.82) is 5.26 Å². The van der Waals surface area contributed by atoms with E-state index in [-0.39, 0.29) is 11.5 Å². The third kappa shape index (κ3) is 6.39. The maximum atomic E-state index is 12.3. The number of nitriles is 1. The fraction of sp³-hybridized carbons (Fsp3) is 0.0833. The van der Waals surface area contributed by atoms with E-state index in [0.717, 1.165) is 16.3 Å². The van der Waals surface area contributed by atoms with Gasteiger partial charge in [0, 0.05) is 22.7 Å². The molecule has 32 heavy (non-hydrogen) atoms. The van der Waals surface area contributed by atoms with Crippen molar-refractivity contribution in [2.45, 2.75) is 13.5 Å². The second kappa shape index (κ2) is 10.7. The molecule has 0 saturated heterocycles. The molecule has 0 spiro atoms. The number of nitrogens with two attached hydrogens (primary N) is 1. The number of para-hydroxylation sites is 1. The summed E-state index contributed by atoms with van der Waals surface area (Å²) < 4.78 is 5.86. The summed E-state index contributed by atoms with van der Waals surface area (Å²) >= 11 is 1.57. The van der Waals surface area contributed by atoms with Crippen molar-refractivity contribution in [3.8, 4) is 11.8 Å². The Morgan fingerprint density at radius 3 is 2.62 bits per heavy atom. The van der Waals surface area contributed by atoms with Crippen LogP contribution in [0.3, 0.4) is 0 Å². The van der Waals surface area contributed by atoms with Crippen molar-refractivity contribution in [2.24, 2.45) is 5.73 Å². The van der Waals surface area contributed by atoms with Crippen LogP contribution in [0.1, 0.15) is 21.8 Å². The molecule has 0 fully saturated rings. The van der Waals surface area contributed by atoms with Crippen molar-refractivity contribution in [1.82, 2.24) is 4.98 Å². The number of primary amides is 1. The number of aromatic nitrogens is 1. The van der Waals surface area contributed by atoms with E-state index in [9.17, 15) is 9.59 Å². The molecule has 3 aromatic rings. The van der Waals surface area contributed by atoms with Gasteiger partial charge in [-0.1, -0.05) is 30.3 Å². The van der Waals surface area contributed by atoms with Crippen LogP contribution in [0, 0.1) is 18.3 Å². The van der Waals surface area contributed by atoms with Crippen LogP contribution in [0.2, 0.25) is 0 Å². The molecule has 0 bridgehead atoms. The summed E-state index contributed by atoms with van der Waals surface area (Å²) in [6, 6.07) is 15.9. The maximum Gasteiger partial charge on any atom is 0.259 e. The SMILES string of the molecule is Cc1nc(COc2ccccc2/C=C/C(=O)Nc2ccc(/C=C(\C#N)C(N)=O)cc2)cs1. The number of carbonyl (C=O) groups excluding carboxylic acids is 2. The van der Waals surface area contributed by atoms with E-state index in [1.807, 2.05) is 36.6 Å². The fourth-order valence-electron chi connectivity index (χ4n) is 2.71. The van der Waals surface area contributed by atoms with E-state index in [1.54, 1.807) is 47.7 Å². The van der Waals surface area contributed by atoms with Crippen molar-refractivity contribution in [3.05, 3.63) is 87.4 Å². The van der Waals surface area contributed by atoms with E-state index >= 15 is 0 Å². The van der Waals surface area contributed by atoms with Gasteiger partial charge in [-0.25, -0.2) is 4.98 Å². The van der Waals surface area contributed by atoms with Gasteiger partial charge in [-0.05, 0) is 42.8 Å². The predicted octanol–water partition coefficient (Wildman–Crippen LogP) is 4.07. The molecule has 2 amide bonds. The fourth-order valence-corrected chi connectivity index (χ4v) is 3.31. The zero-order chi connectivity index (χ0) is 22.9. The molecule has 0 saturated carbocycles.